The fourth-order valence-electron chi connectivity index (χ4n) is 3.17. The molecule has 0 bridgehead atoms. The summed E-state index contributed by atoms with van der Waals surface area (Å²) in [6.45, 7) is 0.833. The Bertz CT molecular complexity index is 779. The number of carbonyl (C=O) groups is 1. The van der Waals surface area contributed by atoms with E-state index >= 15 is 0 Å². The second-order valence-corrected chi connectivity index (χ2v) is 6.67. The maximum atomic E-state index is 12.9. The van der Waals surface area contributed by atoms with Crippen LogP contribution in [0.1, 0.15) is 34.1 Å². The van der Waals surface area contributed by atoms with Gasteiger partial charge in [0.25, 0.3) is 5.91 Å². The Kier molecular flexibility index (Phi) is 3.39. The molecule has 4 rings (SSSR count). The lowest BCUT2D eigenvalue weighted by molar-refractivity contribution is 0.0740. The van der Waals surface area contributed by atoms with Gasteiger partial charge in [-0.15, -0.1) is 11.3 Å². The number of pyridine rings is 1. The SMILES string of the molecule is O=C(c1cc2ccccc2s1)N1CCC[C@H]1c1ccncc1. The van der Waals surface area contributed by atoms with Crippen LogP contribution in [0.15, 0.2) is 54.9 Å². The van der Waals surface area contributed by atoms with Crippen molar-refractivity contribution in [1.29, 1.82) is 0 Å². The molecule has 0 radical (unpaired) electrons. The standard InChI is InChI=1S/C18H16N2OS/c21-18(17-12-14-4-1-2-6-16(14)22-17)20-11-3-5-15(20)13-7-9-19-10-8-13/h1-2,4,6-10,12,15H,3,5,11H2/t15-/m0/s1. The van der Waals surface area contributed by atoms with Gasteiger partial charge in [-0.2, -0.15) is 0 Å². The Balaban J connectivity index is 1.66. The minimum absolute atomic E-state index is 0.153. The first-order valence-corrected chi connectivity index (χ1v) is 8.34. The molecule has 1 atom stereocenters. The van der Waals surface area contributed by atoms with Gasteiger partial charge < -0.3 is 4.90 Å². The van der Waals surface area contributed by atoms with Crippen molar-refractivity contribution >= 4 is 27.3 Å². The van der Waals surface area contributed by atoms with E-state index in [4.69, 9.17) is 0 Å². The molecule has 1 aliphatic heterocycles. The summed E-state index contributed by atoms with van der Waals surface area (Å²) in [7, 11) is 0. The van der Waals surface area contributed by atoms with Gasteiger partial charge in [0.15, 0.2) is 0 Å². The molecule has 4 heteroatoms. The first kappa shape index (κ1) is 13.5. The summed E-state index contributed by atoms with van der Waals surface area (Å²) in [5.41, 5.74) is 1.18. The Labute approximate surface area is 133 Å². The van der Waals surface area contributed by atoms with Gasteiger partial charge in [-0.1, -0.05) is 18.2 Å². The summed E-state index contributed by atoms with van der Waals surface area (Å²) >= 11 is 1.59. The number of hydrogen-bond acceptors (Lipinski definition) is 3. The van der Waals surface area contributed by atoms with Crippen molar-refractivity contribution in [3.8, 4) is 0 Å². The van der Waals surface area contributed by atoms with Crippen molar-refractivity contribution in [2.75, 3.05) is 6.54 Å². The molecule has 1 fully saturated rings. The molecule has 2 aromatic heterocycles. The van der Waals surface area contributed by atoms with E-state index < -0.39 is 0 Å². The van der Waals surface area contributed by atoms with Crippen molar-refractivity contribution < 1.29 is 4.79 Å². The van der Waals surface area contributed by atoms with Crippen LogP contribution in [0.2, 0.25) is 0 Å². The average Bonchev–Trinajstić information content (AvgIpc) is 3.21. The van der Waals surface area contributed by atoms with Crippen LogP contribution >= 0.6 is 11.3 Å². The Morgan fingerprint density at radius 1 is 1.18 bits per heavy atom. The highest BCUT2D eigenvalue weighted by molar-refractivity contribution is 7.20. The molecule has 110 valence electrons. The van der Waals surface area contributed by atoms with E-state index in [9.17, 15) is 4.79 Å². The van der Waals surface area contributed by atoms with Crippen molar-refractivity contribution in [2.45, 2.75) is 18.9 Å². The third-order valence-electron chi connectivity index (χ3n) is 4.24. The number of fused-ring (bicyclic) bond motifs is 1. The van der Waals surface area contributed by atoms with Gasteiger partial charge in [-0.3, -0.25) is 9.78 Å². The van der Waals surface area contributed by atoms with E-state index in [1.54, 1.807) is 23.7 Å². The molecular formula is C18H16N2OS. The molecule has 22 heavy (non-hydrogen) atoms. The van der Waals surface area contributed by atoms with Crippen LogP contribution < -0.4 is 0 Å². The van der Waals surface area contributed by atoms with Crippen LogP contribution in [0, 0.1) is 0 Å². The Hall–Kier alpha value is -2.20. The minimum atomic E-state index is 0.153. The summed E-state index contributed by atoms with van der Waals surface area (Å²) in [4.78, 5) is 19.8. The molecule has 0 spiro atoms. The number of carbonyl (C=O) groups excluding carboxylic acids is 1. The number of nitrogens with zero attached hydrogens (tertiary/aromatic N) is 2. The third-order valence-corrected chi connectivity index (χ3v) is 5.34. The second kappa shape index (κ2) is 5.54. The molecule has 3 nitrogen and oxygen atoms in total. The smallest absolute Gasteiger partial charge is 0.264 e. The molecule has 1 saturated heterocycles. The van der Waals surface area contributed by atoms with Gasteiger partial charge in [0.2, 0.25) is 0 Å². The molecule has 1 aromatic carbocycles. The van der Waals surface area contributed by atoms with E-state index in [0.29, 0.717) is 0 Å². The monoisotopic (exact) mass is 308 g/mol. The van der Waals surface area contributed by atoms with Crippen molar-refractivity contribution in [3.63, 3.8) is 0 Å². The quantitative estimate of drug-likeness (QED) is 0.708. The largest absolute Gasteiger partial charge is 0.331 e. The van der Waals surface area contributed by atoms with E-state index in [1.165, 1.54) is 10.3 Å². The van der Waals surface area contributed by atoms with Gasteiger partial charge >= 0.3 is 0 Å². The molecule has 1 aliphatic rings. The number of rotatable bonds is 2. The lowest BCUT2D eigenvalue weighted by Crippen LogP contribution is -2.29. The van der Waals surface area contributed by atoms with E-state index in [1.807, 2.05) is 35.2 Å². The number of benzene rings is 1. The summed E-state index contributed by atoms with van der Waals surface area (Å²) in [5.74, 6) is 0.153. The van der Waals surface area contributed by atoms with Crippen molar-refractivity contribution in [2.24, 2.45) is 0 Å². The zero-order chi connectivity index (χ0) is 14.9. The number of amides is 1. The van der Waals surface area contributed by atoms with E-state index in [-0.39, 0.29) is 11.9 Å². The molecule has 0 N–H and O–H groups in total. The Morgan fingerprint density at radius 2 is 2.00 bits per heavy atom. The third kappa shape index (κ3) is 2.29. The maximum absolute atomic E-state index is 12.9. The summed E-state index contributed by atoms with van der Waals surface area (Å²) in [5, 5.41) is 1.15. The molecule has 0 unspecified atom stereocenters. The minimum Gasteiger partial charge on any atom is -0.331 e. The van der Waals surface area contributed by atoms with Gasteiger partial charge in [-0.05, 0) is 48.1 Å². The highest BCUT2D eigenvalue weighted by Gasteiger charge is 2.31. The predicted octanol–water partition coefficient (Wildman–Crippen LogP) is 4.27. The zero-order valence-electron chi connectivity index (χ0n) is 12.1. The lowest BCUT2D eigenvalue weighted by Gasteiger charge is -2.24. The summed E-state index contributed by atoms with van der Waals surface area (Å²) in [6, 6.07) is 14.4. The fraction of sp³-hybridized carbons (Fsp3) is 0.222. The average molecular weight is 308 g/mol. The highest BCUT2D eigenvalue weighted by Crippen LogP contribution is 2.35. The molecule has 3 heterocycles. The van der Waals surface area contributed by atoms with Crippen LogP contribution in [0.5, 0.6) is 0 Å². The number of likely N-dealkylation sites (tertiary alicyclic amines) is 1. The molecule has 3 aromatic rings. The number of thiophene rings is 1. The van der Waals surface area contributed by atoms with Crippen LogP contribution in [-0.4, -0.2) is 22.3 Å². The van der Waals surface area contributed by atoms with Crippen LogP contribution in [0.3, 0.4) is 0 Å². The fourth-order valence-corrected chi connectivity index (χ4v) is 4.19. The summed E-state index contributed by atoms with van der Waals surface area (Å²) < 4.78 is 1.17. The zero-order valence-corrected chi connectivity index (χ0v) is 12.9. The van der Waals surface area contributed by atoms with Crippen LogP contribution in [-0.2, 0) is 0 Å². The van der Waals surface area contributed by atoms with Crippen LogP contribution in [0.25, 0.3) is 10.1 Å². The van der Waals surface area contributed by atoms with Gasteiger partial charge in [0.05, 0.1) is 10.9 Å². The van der Waals surface area contributed by atoms with Crippen LogP contribution in [0.4, 0.5) is 0 Å². The molecular weight excluding hydrogens is 292 g/mol. The van der Waals surface area contributed by atoms with Gasteiger partial charge in [0, 0.05) is 23.6 Å². The number of aromatic nitrogens is 1. The van der Waals surface area contributed by atoms with Gasteiger partial charge in [-0.25, -0.2) is 0 Å². The van der Waals surface area contributed by atoms with E-state index in [2.05, 4.69) is 17.1 Å². The first-order chi connectivity index (χ1) is 10.8. The predicted molar refractivity (Wildman–Crippen MR) is 89.1 cm³/mol. The molecule has 0 aliphatic carbocycles. The van der Waals surface area contributed by atoms with Crippen molar-refractivity contribution in [3.05, 3.63) is 65.3 Å². The normalized spacial score (nSPS) is 18.0. The van der Waals surface area contributed by atoms with Crippen molar-refractivity contribution in [1.82, 2.24) is 9.88 Å². The first-order valence-electron chi connectivity index (χ1n) is 7.52. The highest BCUT2D eigenvalue weighted by atomic mass is 32.1. The van der Waals surface area contributed by atoms with E-state index in [0.717, 1.165) is 29.6 Å². The number of hydrogen-bond donors (Lipinski definition) is 0. The topological polar surface area (TPSA) is 33.2 Å². The second-order valence-electron chi connectivity index (χ2n) is 5.59. The molecule has 0 saturated carbocycles. The summed E-state index contributed by atoms with van der Waals surface area (Å²) in [6.07, 6.45) is 5.69. The maximum Gasteiger partial charge on any atom is 0.264 e. The lowest BCUT2D eigenvalue weighted by atomic mass is 10.1. The molecule has 1 amide bonds. The van der Waals surface area contributed by atoms with Gasteiger partial charge in [0.1, 0.15) is 0 Å². The Morgan fingerprint density at radius 3 is 2.82 bits per heavy atom.